The molecule has 0 saturated carbocycles. The Morgan fingerprint density at radius 1 is 1.30 bits per heavy atom. The van der Waals surface area contributed by atoms with Crippen LogP contribution in [-0.4, -0.2) is 55.2 Å². The minimum atomic E-state index is -0.305. The molecule has 4 nitrogen and oxygen atoms in total. The highest BCUT2D eigenvalue weighted by atomic mass is 16.5. The normalized spacial score (nSPS) is 27.4. The van der Waals surface area contributed by atoms with Crippen molar-refractivity contribution in [1.29, 1.82) is 0 Å². The number of hydrogen-bond acceptors (Lipinski definition) is 4. The first-order chi connectivity index (χ1) is 9.66. The van der Waals surface area contributed by atoms with Crippen LogP contribution >= 0.6 is 0 Å². The van der Waals surface area contributed by atoms with E-state index in [0.717, 1.165) is 52.2 Å². The fourth-order valence-corrected chi connectivity index (χ4v) is 3.29. The molecule has 0 aliphatic carbocycles. The lowest BCUT2D eigenvalue weighted by molar-refractivity contribution is -0.134. The molecule has 2 rings (SSSR count). The van der Waals surface area contributed by atoms with E-state index in [1.165, 1.54) is 12.8 Å². The van der Waals surface area contributed by atoms with Gasteiger partial charge in [-0.25, -0.2) is 0 Å². The van der Waals surface area contributed by atoms with Gasteiger partial charge >= 0.3 is 0 Å². The van der Waals surface area contributed by atoms with Gasteiger partial charge in [-0.15, -0.1) is 0 Å². The number of morpholine rings is 1. The molecule has 2 aliphatic heterocycles. The topological polar surface area (TPSA) is 38.8 Å². The van der Waals surface area contributed by atoms with Crippen LogP contribution in [0.15, 0.2) is 0 Å². The molecular formula is C16H29NO3. The van der Waals surface area contributed by atoms with Crippen molar-refractivity contribution in [2.24, 2.45) is 0 Å². The summed E-state index contributed by atoms with van der Waals surface area (Å²) < 4.78 is 11.0. The van der Waals surface area contributed by atoms with Gasteiger partial charge in [0.05, 0.1) is 24.9 Å². The summed E-state index contributed by atoms with van der Waals surface area (Å²) in [5.41, 5.74) is -0.305. The van der Waals surface area contributed by atoms with Crippen molar-refractivity contribution in [2.75, 3.05) is 32.9 Å². The van der Waals surface area contributed by atoms with Crippen molar-refractivity contribution in [1.82, 2.24) is 4.90 Å². The van der Waals surface area contributed by atoms with E-state index in [0.29, 0.717) is 18.3 Å². The summed E-state index contributed by atoms with van der Waals surface area (Å²) in [6, 6.07) is 0. The summed E-state index contributed by atoms with van der Waals surface area (Å²) in [6.07, 6.45) is 6.31. The average Bonchev–Trinajstić information content (AvgIpc) is 3.00. The molecule has 0 aromatic rings. The van der Waals surface area contributed by atoms with E-state index in [1.807, 2.05) is 0 Å². The van der Waals surface area contributed by atoms with E-state index in [9.17, 15) is 4.79 Å². The summed E-state index contributed by atoms with van der Waals surface area (Å²) in [5, 5.41) is 0. The second-order valence-corrected chi connectivity index (χ2v) is 6.18. The monoisotopic (exact) mass is 283 g/mol. The Morgan fingerprint density at radius 3 is 2.65 bits per heavy atom. The predicted octanol–water partition coefficient (Wildman–Crippen LogP) is 2.41. The molecule has 2 unspecified atom stereocenters. The summed E-state index contributed by atoms with van der Waals surface area (Å²) in [6.45, 7) is 8.38. The molecule has 2 heterocycles. The van der Waals surface area contributed by atoms with Crippen LogP contribution in [0.2, 0.25) is 0 Å². The van der Waals surface area contributed by atoms with Crippen molar-refractivity contribution in [3.63, 3.8) is 0 Å². The Kier molecular flexibility index (Phi) is 6.00. The van der Waals surface area contributed by atoms with Crippen molar-refractivity contribution in [2.45, 2.75) is 64.0 Å². The zero-order valence-corrected chi connectivity index (χ0v) is 13.0. The maximum absolute atomic E-state index is 12.6. The number of Topliss-reactive ketones (excluding diaryl/α,β-unsaturated/α-hetero) is 1. The Balaban J connectivity index is 1.80. The lowest BCUT2D eigenvalue weighted by Crippen LogP contribution is -2.56. The number of rotatable bonds is 7. The number of carbonyl (C=O) groups is 1. The molecule has 116 valence electrons. The number of ketones is 1. The van der Waals surface area contributed by atoms with Crippen LogP contribution in [0, 0.1) is 0 Å². The second kappa shape index (κ2) is 7.53. The minimum Gasteiger partial charge on any atom is -0.379 e. The molecule has 0 N–H and O–H groups in total. The van der Waals surface area contributed by atoms with E-state index in [2.05, 4.69) is 18.7 Å². The Hall–Kier alpha value is -0.450. The molecule has 0 aromatic carbocycles. The number of ether oxygens (including phenoxy) is 2. The maximum atomic E-state index is 12.6. The van der Waals surface area contributed by atoms with Crippen molar-refractivity contribution < 1.29 is 14.3 Å². The number of carbonyl (C=O) groups excluding carboxylic acids is 1. The molecule has 0 spiro atoms. The third-order valence-electron chi connectivity index (χ3n) is 4.95. The number of hydrogen-bond donors (Lipinski definition) is 0. The van der Waals surface area contributed by atoms with Crippen LogP contribution < -0.4 is 0 Å². The largest absolute Gasteiger partial charge is 0.379 e. The lowest BCUT2D eigenvalue weighted by atomic mass is 9.87. The van der Waals surface area contributed by atoms with Crippen LogP contribution in [0.25, 0.3) is 0 Å². The zero-order valence-electron chi connectivity index (χ0n) is 13.0. The second-order valence-electron chi connectivity index (χ2n) is 6.18. The van der Waals surface area contributed by atoms with Gasteiger partial charge in [0, 0.05) is 26.1 Å². The van der Waals surface area contributed by atoms with Crippen LogP contribution in [0.3, 0.4) is 0 Å². The summed E-state index contributed by atoms with van der Waals surface area (Å²) in [7, 11) is 0. The molecule has 0 bridgehead atoms. The zero-order chi connectivity index (χ0) is 14.4. The molecule has 0 radical (unpaired) electrons. The van der Waals surface area contributed by atoms with Gasteiger partial charge in [0.1, 0.15) is 0 Å². The molecule has 0 aromatic heterocycles. The summed E-state index contributed by atoms with van der Waals surface area (Å²) >= 11 is 0. The maximum Gasteiger partial charge on any atom is 0.152 e. The Bertz CT molecular complexity index is 309. The molecular weight excluding hydrogens is 254 g/mol. The Morgan fingerprint density at radius 2 is 2.05 bits per heavy atom. The molecule has 2 fully saturated rings. The van der Waals surface area contributed by atoms with Crippen LogP contribution in [0.1, 0.15) is 52.4 Å². The fraction of sp³-hybridized carbons (Fsp3) is 0.938. The molecule has 20 heavy (non-hydrogen) atoms. The highest BCUT2D eigenvalue weighted by molar-refractivity contribution is 5.87. The van der Waals surface area contributed by atoms with E-state index in [-0.39, 0.29) is 5.54 Å². The quantitative estimate of drug-likeness (QED) is 0.719. The summed E-state index contributed by atoms with van der Waals surface area (Å²) in [5.74, 6) is 0.389. The summed E-state index contributed by atoms with van der Waals surface area (Å²) in [4.78, 5) is 15.0. The molecule has 2 atom stereocenters. The van der Waals surface area contributed by atoms with Gasteiger partial charge in [0.25, 0.3) is 0 Å². The smallest absolute Gasteiger partial charge is 0.152 e. The van der Waals surface area contributed by atoms with Gasteiger partial charge in [0.2, 0.25) is 0 Å². The highest BCUT2D eigenvalue weighted by Gasteiger charge is 2.37. The third-order valence-corrected chi connectivity index (χ3v) is 4.95. The first-order valence-corrected chi connectivity index (χ1v) is 8.14. The van der Waals surface area contributed by atoms with Crippen molar-refractivity contribution in [3.8, 4) is 0 Å². The van der Waals surface area contributed by atoms with E-state index in [1.54, 1.807) is 0 Å². The van der Waals surface area contributed by atoms with Crippen LogP contribution in [0.4, 0.5) is 0 Å². The van der Waals surface area contributed by atoms with Gasteiger partial charge < -0.3 is 9.47 Å². The Labute approximate surface area is 122 Å². The standard InChI is InChI=1S/C16H29NO3/c1-3-16(2,17-9-12-19-13-10-17)15(18)8-4-6-14-7-5-11-20-14/h14H,3-13H2,1-2H3. The van der Waals surface area contributed by atoms with Crippen molar-refractivity contribution in [3.05, 3.63) is 0 Å². The molecule has 2 saturated heterocycles. The van der Waals surface area contributed by atoms with Gasteiger partial charge in [-0.2, -0.15) is 0 Å². The first kappa shape index (κ1) is 15.9. The SMILES string of the molecule is CCC(C)(C(=O)CCCC1CCCO1)N1CCOCC1. The van der Waals surface area contributed by atoms with Gasteiger partial charge in [-0.3, -0.25) is 9.69 Å². The lowest BCUT2D eigenvalue weighted by Gasteiger charge is -2.41. The third kappa shape index (κ3) is 3.80. The van der Waals surface area contributed by atoms with Gasteiger partial charge in [0.15, 0.2) is 5.78 Å². The van der Waals surface area contributed by atoms with Crippen molar-refractivity contribution >= 4 is 5.78 Å². The highest BCUT2D eigenvalue weighted by Crippen LogP contribution is 2.25. The van der Waals surface area contributed by atoms with E-state index >= 15 is 0 Å². The fourth-order valence-electron chi connectivity index (χ4n) is 3.29. The van der Waals surface area contributed by atoms with Gasteiger partial charge in [-0.05, 0) is 39.0 Å². The first-order valence-electron chi connectivity index (χ1n) is 8.14. The minimum absolute atomic E-state index is 0.305. The van der Waals surface area contributed by atoms with Crippen LogP contribution in [0.5, 0.6) is 0 Å². The molecule has 0 amide bonds. The molecule has 2 aliphatic rings. The van der Waals surface area contributed by atoms with E-state index < -0.39 is 0 Å². The van der Waals surface area contributed by atoms with Crippen LogP contribution in [-0.2, 0) is 14.3 Å². The van der Waals surface area contributed by atoms with Gasteiger partial charge in [-0.1, -0.05) is 6.92 Å². The number of nitrogens with zero attached hydrogens (tertiary/aromatic N) is 1. The average molecular weight is 283 g/mol. The molecule has 4 heteroatoms. The predicted molar refractivity (Wildman–Crippen MR) is 78.9 cm³/mol. The van der Waals surface area contributed by atoms with E-state index in [4.69, 9.17) is 9.47 Å².